The quantitative estimate of drug-likeness (QED) is 0.751. The Kier molecular flexibility index (Phi) is 3.39. The van der Waals surface area contributed by atoms with Gasteiger partial charge in [-0.1, -0.05) is 6.92 Å². The van der Waals surface area contributed by atoms with Crippen molar-refractivity contribution < 1.29 is 27.9 Å². The predicted octanol–water partition coefficient (Wildman–Crippen LogP) is 1.17. The first-order valence-electron chi connectivity index (χ1n) is 4.46. The molecule has 0 bridgehead atoms. The summed E-state index contributed by atoms with van der Waals surface area (Å²) in [5, 5.41) is 10.1. The Morgan fingerprint density at radius 1 is 1.47 bits per heavy atom. The first kappa shape index (κ1) is 13.0. The highest BCUT2D eigenvalue weighted by molar-refractivity contribution is 5.94. The molecule has 0 spiro atoms. The SMILES string of the molecule is CCc1[nH]c(NC(=O)C(F)(F)F)nc1C(=O)O. The van der Waals surface area contributed by atoms with Crippen LogP contribution in [0.3, 0.4) is 0 Å². The molecule has 1 rings (SSSR count). The summed E-state index contributed by atoms with van der Waals surface area (Å²) in [6.07, 6.45) is -4.82. The van der Waals surface area contributed by atoms with Crippen molar-refractivity contribution in [1.29, 1.82) is 0 Å². The third-order valence-electron chi connectivity index (χ3n) is 1.82. The molecule has 0 radical (unpaired) electrons. The fourth-order valence-electron chi connectivity index (χ4n) is 1.08. The summed E-state index contributed by atoms with van der Waals surface area (Å²) in [5.41, 5.74) is -0.278. The van der Waals surface area contributed by atoms with Gasteiger partial charge in [-0.05, 0) is 6.42 Å². The van der Waals surface area contributed by atoms with E-state index in [4.69, 9.17) is 5.11 Å². The normalized spacial score (nSPS) is 11.3. The van der Waals surface area contributed by atoms with Gasteiger partial charge >= 0.3 is 18.1 Å². The smallest absolute Gasteiger partial charge is 0.471 e. The Morgan fingerprint density at radius 3 is 2.41 bits per heavy atom. The molecule has 1 aromatic rings. The van der Waals surface area contributed by atoms with Crippen molar-refractivity contribution in [3.8, 4) is 0 Å². The zero-order valence-electron chi connectivity index (χ0n) is 8.55. The molecule has 0 saturated heterocycles. The second-order valence-corrected chi connectivity index (χ2v) is 3.02. The zero-order chi connectivity index (χ0) is 13.2. The van der Waals surface area contributed by atoms with Crippen molar-refractivity contribution >= 4 is 17.8 Å². The van der Waals surface area contributed by atoms with Gasteiger partial charge in [-0.2, -0.15) is 13.2 Å². The number of hydrogen-bond acceptors (Lipinski definition) is 3. The van der Waals surface area contributed by atoms with Crippen LogP contribution in [-0.4, -0.2) is 33.1 Å². The third-order valence-corrected chi connectivity index (χ3v) is 1.82. The van der Waals surface area contributed by atoms with Crippen LogP contribution < -0.4 is 5.32 Å². The summed E-state index contributed by atoms with van der Waals surface area (Å²) < 4.78 is 35.7. The van der Waals surface area contributed by atoms with E-state index in [9.17, 15) is 22.8 Å². The lowest BCUT2D eigenvalue weighted by Gasteiger charge is -2.04. The number of nitrogens with zero attached hydrogens (tertiary/aromatic N) is 1. The summed E-state index contributed by atoms with van der Waals surface area (Å²) in [4.78, 5) is 26.9. The molecule has 3 N–H and O–H groups in total. The minimum absolute atomic E-state index is 0.134. The second-order valence-electron chi connectivity index (χ2n) is 3.02. The second kappa shape index (κ2) is 4.44. The predicted molar refractivity (Wildman–Crippen MR) is 49.6 cm³/mol. The number of alkyl halides is 3. The maximum Gasteiger partial charge on any atom is 0.471 e. The highest BCUT2D eigenvalue weighted by Crippen LogP contribution is 2.18. The standard InChI is InChI=1S/C8H8F3N3O3/c1-2-3-4(5(15)16)13-7(12-3)14-6(17)8(9,10)11/h2H2,1H3,(H,15,16)(H2,12,13,14,17). The molecular weight excluding hydrogens is 243 g/mol. The summed E-state index contributed by atoms with van der Waals surface area (Å²) in [6, 6.07) is 0. The van der Waals surface area contributed by atoms with E-state index in [0.29, 0.717) is 0 Å². The Bertz CT molecular complexity index is 453. The molecule has 0 saturated carbocycles. The number of carbonyl (C=O) groups is 2. The minimum Gasteiger partial charge on any atom is -0.476 e. The minimum atomic E-state index is -5.05. The van der Waals surface area contributed by atoms with Crippen molar-refractivity contribution in [2.24, 2.45) is 0 Å². The fraction of sp³-hybridized carbons (Fsp3) is 0.375. The number of aromatic nitrogens is 2. The molecule has 6 nitrogen and oxygen atoms in total. The Hall–Kier alpha value is -2.06. The summed E-state index contributed by atoms with van der Waals surface area (Å²) in [6.45, 7) is 1.59. The molecule has 0 unspecified atom stereocenters. The highest BCUT2D eigenvalue weighted by Gasteiger charge is 2.39. The number of rotatable bonds is 3. The molecule has 94 valence electrons. The number of nitrogens with one attached hydrogen (secondary N) is 2. The Balaban J connectivity index is 2.94. The van der Waals surface area contributed by atoms with Gasteiger partial charge in [-0.15, -0.1) is 0 Å². The molecule has 0 aliphatic heterocycles. The molecule has 1 amide bonds. The largest absolute Gasteiger partial charge is 0.476 e. The summed E-state index contributed by atoms with van der Waals surface area (Å²) in [5.74, 6) is -4.14. The lowest BCUT2D eigenvalue weighted by molar-refractivity contribution is -0.167. The summed E-state index contributed by atoms with van der Waals surface area (Å²) in [7, 11) is 0. The monoisotopic (exact) mass is 251 g/mol. The Labute approximate surface area is 92.8 Å². The molecule has 0 fully saturated rings. The van der Waals surface area contributed by atoms with Crippen LogP contribution in [-0.2, 0) is 11.2 Å². The van der Waals surface area contributed by atoms with E-state index in [1.165, 1.54) is 5.32 Å². The molecule has 17 heavy (non-hydrogen) atoms. The van der Waals surface area contributed by atoms with Gasteiger partial charge in [0.05, 0.1) is 5.69 Å². The molecule has 0 aliphatic rings. The number of hydrogen-bond donors (Lipinski definition) is 3. The number of H-pyrrole nitrogens is 1. The van der Waals surface area contributed by atoms with Gasteiger partial charge in [0, 0.05) is 0 Å². The molecule has 1 heterocycles. The molecular formula is C8H8F3N3O3. The lowest BCUT2D eigenvalue weighted by atomic mass is 10.3. The Morgan fingerprint density at radius 2 is 2.06 bits per heavy atom. The van der Waals surface area contributed by atoms with E-state index < -0.39 is 29.7 Å². The van der Waals surface area contributed by atoms with Gasteiger partial charge in [-0.25, -0.2) is 9.78 Å². The molecule has 9 heteroatoms. The zero-order valence-corrected chi connectivity index (χ0v) is 8.55. The number of anilines is 1. The van der Waals surface area contributed by atoms with Crippen LogP contribution in [0.1, 0.15) is 23.1 Å². The number of carboxylic acid groups (broad SMARTS) is 1. The number of aromatic amines is 1. The van der Waals surface area contributed by atoms with Crippen LogP contribution >= 0.6 is 0 Å². The topological polar surface area (TPSA) is 95.1 Å². The van der Waals surface area contributed by atoms with E-state index in [1.54, 1.807) is 6.92 Å². The van der Waals surface area contributed by atoms with Gasteiger partial charge in [0.25, 0.3) is 0 Å². The van der Waals surface area contributed by atoms with E-state index in [-0.39, 0.29) is 12.1 Å². The first-order valence-corrected chi connectivity index (χ1v) is 4.46. The van der Waals surface area contributed by atoms with E-state index >= 15 is 0 Å². The van der Waals surface area contributed by atoms with Gasteiger partial charge in [-0.3, -0.25) is 10.1 Å². The van der Waals surface area contributed by atoms with Crippen molar-refractivity contribution in [2.45, 2.75) is 19.5 Å². The van der Waals surface area contributed by atoms with Gasteiger partial charge in [0.1, 0.15) is 0 Å². The number of halogens is 3. The highest BCUT2D eigenvalue weighted by atomic mass is 19.4. The van der Waals surface area contributed by atoms with Gasteiger partial charge < -0.3 is 10.1 Å². The van der Waals surface area contributed by atoms with Crippen LogP contribution in [0.2, 0.25) is 0 Å². The van der Waals surface area contributed by atoms with E-state index in [0.717, 1.165) is 0 Å². The van der Waals surface area contributed by atoms with Gasteiger partial charge in [0.2, 0.25) is 5.95 Å². The molecule has 0 aliphatic carbocycles. The van der Waals surface area contributed by atoms with Crippen molar-refractivity contribution in [2.75, 3.05) is 5.32 Å². The van der Waals surface area contributed by atoms with Crippen LogP contribution in [0, 0.1) is 0 Å². The van der Waals surface area contributed by atoms with Crippen LogP contribution in [0.25, 0.3) is 0 Å². The van der Waals surface area contributed by atoms with Crippen molar-refractivity contribution in [3.63, 3.8) is 0 Å². The average Bonchev–Trinajstić information content (AvgIpc) is 2.59. The van der Waals surface area contributed by atoms with Crippen molar-refractivity contribution in [3.05, 3.63) is 11.4 Å². The molecule has 0 aromatic carbocycles. The average molecular weight is 251 g/mol. The summed E-state index contributed by atoms with van der Waals surface area (Å²) >= 11 is 0. The fourth-order valence-corrected chi connectivity index (χ4v) is 1.08. The number of aromatic carboxylic acids is 1. The van der Waals surface area contributed by atoms with Crippen LogP contribution in [0.4, 0.5) is 19.1 Å². The van der Waals surface area contributed by atoms with E-state index in [2.05, 4.69) is 9.97 Å². The van der Waals surface area contributed by atoms with E-state index in [1.807, 2.05) is 0 Å². The maximum absolute atomic E-state index is 11.9. The maximum atomic E-state index is 11.9. The molecule has 0 atom stereocenters. The van der Waals surface area contributed by atoms with Crippen LogP contribution in [0.15, 0.2) is 0 Å². The molecule has 1 aromatic heterocycles. The van der Waals surface area contributed by atoms with Crippen LogP contribution in [0.5, 0.6) is 0 Å². The first-order chi connectivity index (χ1) is 7.75. The number of carbonyl (C=O) groups excluding carboxylic acids is 1. The third kappa shape index (κ3) is 2.95. The number of amides is 1. The number of imidazole rings is 1. The van der Waals surface area contributed by atoms with Gasteiger partial charge in [0.15, 0.2) is 5.69 Å². The number of carboxylic acids is 1. The lowest BCUT2D eigenvalue weighted by Crippen LogP contribution is -2.30. The number of aryl methyl sites for hydroxylation is 1. The van der Waals surface area contributed by atoms with Crippen molar-refractivity contribution in [1.82, 2.24) is 9.97 Å².